The van der Waals surface area contributed by atoms with Crippen molar-refractivity contribution in [2.24, 2.45) is 0 Å². The number of hydrogen-bond donors (Lipinski definition) is 2. The predicted octanol–water partition coefficient (Wildman–Crippen LogP) is 6.15. The zero-order valence-electron chi connectivity index (χ0n) is 17.4. The SMILES string of the molecule is COc1ccccc1NC(=O)N1CCc2c([nH]c3ccc(Cl)cc23)[C@@H]1c1ccc(F)cc1. The Balaban J connectivity index is 1.58. The summed E-state index contributed by atoms with van der Waals surface area (Å²) in [5.74, 6) is 0.260. The maximum Gasteiger partial charge on any atom is 0.322 e. The van der Waals surface area contributed by atoms with Gasteiger partial charge in [0, 0.05) is 28.2 Å². The van der Waals surface area contributed by atoms with Crippen LogP contribution in [0.15, 0.2) is 66.7 Å². The summed E-state index contributed by atoms with van der Waals surface area (Å²) in [7, 11) is 1.56. The molecule has 0 radical (unpaired) electrons. The van der Waals surface area contributed by atoms with E-state index in [2.05, 4.69) is 10.3 Å². The molecule has 2 amide bonds. The number of aromatic amines is 1. The number of carbonyl (C=O) groups is 1. The number of benzene rings is 3. The van der Waals surface area contributed by atoms with Crippen LogP contribution >= 0.6 is 11.6 Å². The second-order valence-electron chi connectivity index (χ2n) is 7.74. The molecule has 2 heterocycles. The van der Waals surface area contributed by atoms with Crippen molar-refractivity contribution in [3.8, 4) is 5.75 Å². The van der Waals surface area contributed by atoms with E-state index in [0.29, 0.717) is 29.4 Å². The minimum atomic E-state index is -0.403. The molecule has 3 aromatic carbocycles. The minimum Gasteiger partial charge on any atom is -0.495 e. The lowest BCUT2D eigenvalue weighted by Crippen LogP contribution is -2.43. The first-order chi connectivity index (χ1) is 15.5. The zero-order chi connectivity index (χ0) is 22.2. The van der Waals surface area contributed by atoms with E-state index in [0.717, 1.165) is 27.7 Å². The van der Waals surface area contributed by atoms with Gasteiger partial charge in [-0.3, -0.25) is 0 Å². The number of nitrogens with one attached hydrogen (secondary N) is 2. The number of carbonyl (C=O) groups excluding carboxylic acids is 1. The molecule has 1 aliphatic rings. The maximum absolute atomic E-state index is 13.7. The van der Waals surface area contributed by atoms with Crippen LogP contribution in [0.25, 0.3) is 10.9 Å². The standard InChI is InChI=1S/C25H21ClFN3O2/c1-32-22-5-3-2-4-21(22)29-25(31)30-13-12-18-19-14-16(26)8-11-20(19)28-23(18)24(30)15-6-9-17(27)10-7-15/h2-11,14,24,28H,12-13H2,1H3,(H,29,31)/t24-/m0/s1. The van der Waals surface area contributed by atoms with Crippen molar-refractivity contribution < 1.29 is 13.9 Å². The van der Waals surface area contributed by atoms with Crippen LogP contribution in [0.5, 0.6) is 5.75 Å². The molecule has 1 atom stereocenters. The number of amides is 2. The van der Waals surface area contributed by atoms with Crippen LogP contribution in [0.4, 0.5) is 14.9 Å². The van der Waals surface area contributed by atoms with E-state index in [4.69, 9.17) is 16.3 Å². The number of rotatable bonds is 3. The molecule has 4 aromatic rings. The molecule has 32 heavy (non-hydrogen) atoms. The number of anilines is 1. The van der Waals surface area contributed by atoms with Crippen molar-refractivity contribution in [3.63, 3.8) is 0 Å². The van der Waals surface area contributed by atoms with E-state index in [9.17, 15) is 9.18 Å². The third-order valence-electron chi connectivity index (χ3n) is 5.88. The highest BCUT2D eigenvalue weighted by Gasteiger charge is 2.35. The van der Waals surface area contributed by atoms with Crippen molar-refractivity contribution in [2.45, 2.75) is 12.5 Å². The molecule has 162 valence electrons. The van der Waals surface area contributed by atoms with Gasteiger partial charge in [-0.2, -0.15) is 0 Å². The Kier molecular flexibility index (Phi) is 5.23. The van der Waals surface area contributed by atoms with Gasteiger partial charge in [-0.25, -0.2) is 9.18 Å². The van der Waals surface area contributed by atoms with E-state index in [1.807, 2.05) is 30.3 Å². The van der Waals surface area contributed by atoms with Crippen molar-refractivity contribution in [1.29, 1.82) is 0 Å². The Labute approximate surface area is 189 Å². The van der Waals surface area contributed by atoms with Crippen LogP contribution in [-0.2, 0) is 6.42 Å². The summed E-state index contributed by atoms with van der Waals surface area (Å²) in [5, 5.41) is 4.68. The Bertz CT molecular complexity index is 1300. The number of H-pyrrole nitrogens is 1. The molecule has 0 bridgehead atoms. The number of hydrogen-bond acceptors (Lipinski definition) is 2. The molecular formula is C25H21ClFN3O2. The van der Waals surface area contributed by atoms with Crippen LogP contribution in [-0.4, -0.2) is 29.6 Å². The summed E-state index contributed by atoms with van der Waals surface area (Å²) in [4.78, 5) is 18.7. The molecule has 5 rings (SSSR count). The lowest BCUT2D eigenvalue weighted by Gasteiger charge is -2.36. The predicted molar refractivity (Wildman–Crippen MR) is 124 cm³/mol. The van der Waals surface area contributed by atoms with Crippen LogP contribution in [0.3, 0.4) is 0 Å². The molecule has 1 aromatic heterocycles. The van der Waals surface area contributed by atoms with E-state index >= 15 is 0 Å². The molecule has 7 heteroatoms. The monoisotopic (exact) mass is 449 g/mol. The summed E-state index contributed by atoms with van der Waals surface area (Å²) in [5.41, 5.74) is 4.40. The summed E-state index contributed by atoms with van der Waals surface area (Å²) in [6.07, 6.45) is 0.673. The molecule has 0 aliphatic carbocycles. The Morgan fingerprint density at radius 3 is 2.72 bits per heavy atom. The quantitative estimate of drug-likeness (QED) is 0.394. The second kappa shape index (κ2) is 8.20. The van der Waals surface area contributed by atoms with Crippen LogP contribution in [0.2, 0.25) is 5.02 Å². The van der Waals surface area contributed by atoms with Gasteiger partial charge in [0.15, 0.2) is 0 Å². The Hall–Kier alpha value is -3.51. The first kappa shape index (κ1) is 20.4. The molecule has 0 spiro atoms. The van der Waals surface area contributed by atoms with E-state index in [1.165, 1.54) is 12.1 Å². The third kappa shape index (κ3) is 3.56. The third-order valence-corrected chi connectivity index (χ3v) is 6.12. The molecule has 0 fully saturated rings. The number of aromatic nitrogens is 1. The average Bonchev–Trinajstić information content (AvgIpc) is 3.17. The number of halogens is 2. The molecule has 0 unspecified atom stereocenters. The fourth-order valence-electron chi connectivity index (χ4n) is 4.41. The molecule has 5 nitrogen and oxygen atoms in total. The average molecular weight is 450 g/mol. The highest BCUT2D eigenvalue weighted by molar-refractivity contribution is 6.31. The van der Waals surface area contributed by atoms with Gasteiger partial charge in [-0.15, -0.1) is 0 Å². The number of ether oxygens (including phenoxy) is 1. The number of fused-ring (bicyclic) bond motifs is 3. The smallest absolute Gasteiger partial charge is 0.322 e. The zero-order valence-corrected chi connectivity index (χ0v) is 18.1. The lowest BCUT2D eigenvalue weighted by atomic mass is 9.92. The van der Waals surface area contributed by atoms with E-state index < -0.39 is 6.04 Å². The van der Waals surface area contributed by atoms with Crippen molar-refractivity contribution in [1.82, 2.24) is 9.88 Å². The summed E-state index contributed by atoms with van der Waals surface area (Å²) >= 11 is 6.24. The maximum atomic E-state index is 13.7. The van der Waals surface area contributed by atoms with Gasteiger partial charge >= 0.3 is 6.03 Å². The molecule has 1 aliphatic heterocycles. The van der Waals surface area contributed by atoms with E-state index in [1.54, 1.807) is 36.3 Å². The van der Waals surface area contributed by atoms with E-state index in [-0.39, 0.29) is 11.8 Å². The topological polar surface area (TPSA) is 57.4 Å². The normalized spacial score (nSPS) is 15.5. The highest BCUT2D eigenvalue weighted by Crippen LogP contribution is 2.39. The molecule has 2 N–H and O–H groups in total. The number of urea groups is 1. The molecule has 0 saturated heterocycles. The van der Waals surface area contributed by atoms with Crippen LogP contribution < -0.4 is 10.1 Å². The van der Waals surface area contributed by atoms with Crippen molar-refractivity contribution in [2.75, 3.05) is 19.0 Å². The number of methoxy groups -OCH3 is 1. The Morgan fingerprint density at radius 2 is 1.94 bits per heavy atom. The van der Waals surface area contributed by atoms with Crippen LogP contribution in [0.1, 0.15) is 22.9 Å². The summed E-state index contributed by atoms with van der Waals surface area (Å²) in [6.45, 7) is 0.496. The second-order valence-corrected chi connectivity index (χ2v) is 8.17. The molecular weight excluding hydrogens is 429 g/mol. The van der Waals surface area contributed by atoms with Gasteiger partial charge in [-0.1, -0.05) is 35.9 Å². The largest absolute Gasteiger partial charge is 0.495 e. The number of nitrogens with zero attached hydrogens (tertiary/aromatic N) is 1. The number of para-hydroxylation sites is 2. The highest BCUT2D eigenvalue weighted by atomic mass is 35.5. The fraction of sp³-hybridized carbons (Fsp3) is 0.160. The fourth-order valence-corrected chi connectivity index (χ4v) is 4.58. The molecule has 0 saturated carbocycles. The van der Waals surface area contributed by atoms with Crippen LogP contribution in [0, 0.1) is 5.82 Å². The summed E-state index contributed by atoms with van der Waals surface area (Å²) < 4.78 is 19.0. The van der Waals surface area contributed by atoms with Gasteiger partial charge in [0.2, 0.25) is 0 Å². The summed E-state index contributed by atoms with van der Waals surface area (Å²) in [6, 6.07) is 18.6. The first-order valence-corrected chi connectivity index (χ1v) is 10.7. The van der Waals surface area contributed by atoms with Gasteiger partial charge in [0.1, 0.15) is 11.6 Å². The van der Waals surface area contributed by atoms with Gasteiger partial charge in [0.25, 0.3) is 0 Å². The van der Waals surface area contributed by atoms with Crippen molar-refractivity contribution in [3.05, 3.63) is 94.4 Å². The van der Waals surface area contributed by atoms with Gasteiger partial charge < -0.3 is 19.9 Å². The lowest BCUT2D eigenvalue weighted by molar-refractivity contribution is 0.193. The van der Waals surface area contributed by atoms with Crippen molar-refractivity contribution >= 4 is 34.2 Å². The minimum absolute atomic E-state index is 0.258. The van der Waals surface area contributed by atoms with Gasteiger partial charge in [0.05, 0.1) is 18.8 Å². The first-order valence-electron chi connectivity index (χ1n) is 10.3. The Morgan fingerprint density at radius 1 is 1.16 bits per heavy atom. The van der Waals surface area contributed by atoms with Gasteiger partial charge in [-0.05, 0) is 60.0 Å².